The van der Waals surface area contributed by atoms with E-state index in [2.05, 4.69) is 22.5 Å². The van der Waals surface area contributed by atoms with Gasteiger partial charge in [-0.1, -0.05) is 79.4 Å². The zero-order chi connectivity index (χ0) is 27.5. The number of carbonyl (C=O) groups excluding carboxylic acids is 3. The van der Waals surface area contributed by atoms with Crippen LogP contribution in [0.25, 0.3) is 11.1 Å². The number of rotatable bonds is 13. The van der Waals surface area contributed by atoms with Crippen molar-refractivity contribution in [3.05, 3.63) is 96.1 Å². The minimum Gasteiger partial charge on any atom is -0.355 e. The Kier molecular flexibility index (Phi) is 10.1. The van der Waals surface area contributed by atoms with Gasteiger partial charge in [-0.2, -0.15) is 0 Å². The van der Waals surface area contributed by atoms with Crippen LogP contribution in [0.15, 0.2) is 85.0 Å². The van der Waals surface area contributed by atoms with Crippen molar-refractivity contribution in [1.82, 2.24) is 16.0 Å². The first kappa shape index (κ1) is 28.5. The summed E-state index contributed by atoms with van der Waals surface area (Å²) in [6.07, 6.45) is 5.26. The van der Waals surface area contributed by atoms with Crippen molar-refractivity contribution >= 4 is 17.7 Å². The molecular formula is C30H33F2N3O3. The molecule has 0 unspecified atom stereocenters. The molecule has 0 fully saturated rings. The van der Waals surface area contributed by atoms with Crippen molar-refractivity contribution in [1.29, 1.82) is 0 Å². The van der Waals surface area contributed by atoms with Crippen LogP contribution < -0.4 is 16.0 Å². The predicted octanol–water partition coefficient (Wildman–Crippen LogP) is 4.43. The van der Waals surface area contributed by atoms with E-state index in [0.717, 1.165) is 22.3 Å². The fourth-order valence-corrected chi connectivity index (χ4v) is 4.86. The Bertz CT molecular complexity index is 1190. The highest BCUT2D eigenvalue weighted by Crippen LogP contribution is 2.51. The number of alkyl halides is 2. The third-order valence-electron chi connectivity index (χ3n) is 6.48. The van der Waals surface area contributed by atoms with Gasteiger partial charge in [0, 0.05) is 12.1 Å². The lowest BCUT2D eigenvalue weighted by Crippen LogP contribution is -2.45. The topological polar surface area (TPSA) is 87.3 Å². The van der Waals surface area contributed by atoms with Crippen molar-refractivity contribution in [2.45, 2.75) is 38.0 Å². The lowest BCUT2D eigenvalue weighted by atomic mass is 9.73. The number of hydrogen-bond donors (Lipinski definition) is 3. The monoisotopic (exact) mass is 521 g/mol. The van der Waals surface area contributed by atoms with Crippen LogP contribution in [-0.2, 0) is 19.8 Å². The Balaban J connectivity index is 1.64. The van der Waals surface area contributed by atoms with Gasteiger partial charge in [-0.3, -0.25) is 14.4 Å². The molecular weight excluding hydrogens is 488 g/mol. The van der Waals surface area contributed by atoms with Gasteiger partial charge in [0.05, 0.1) is 13.1 Å². The Morgan fingerprint density at radius 3 is 2.16 bits per heavy atom. The van der Waals surface area contributed by atoms with Crippen molar-refractivity contribution in [3.63, 3.8) is 0 Å². The number of amides is 3. The van der Waals surface area contributed by atoms with E-state index in [1.807, 2.05) is 48.5 Å². The predicted molar refractivity (Wildman–Crippen MR) is 145 cm³/mol. The summed E-state index contributed by atoms with van der Waals surface area (Å²) in [4.78, 5) is 37.9. The SMILES string of the molecule is C=C/C=C(\C=C/C)C(=O)NCC(=O)NCCCCC1(C(=O)NCC(F)F)c2ccccc2-c2ccccc21. The number of nitrogens with one attached hydrogen (secondary N) is 3. The molecule has 2 aromatic carbocycles. The Hall–Kier alpha value is -4.07. The molecule has 0 atom stereocenters. The molecule has 38 heavy (non-hydrogen) atoms. The molecule has 200 valence electrons. The molecule has 3 rings (SSSR count). The van der Waals surface area contributed by atoms with Gasteiger partial charge in [0.15, 0.2) is 0 Å². The zero-order valence-electron chi connectivity index (χ0n) is 21.4. The number of halogens is 2. The van der Waals surface area contributed by atoms with E-state index in [1.165, 1.54) is 6.08 Å². The Labute approximate surface area is 221 Å². The quantitative estimate of drug-likeness (QED) is 0.207. The smallest absolute Gasteiger partial charge is 0.255 e. The third kappa shape index (κ3) is 6.43. The number of unbranched alkanes of at least 4 members (excludes halogenated alkanes) is 1. The van der Waals surface area contributed by atoms with Crippen LogP contribution in [0.3, 0.4) is 0 Å². The fourth-order valence-electron chi connectivity index (χ4n) is 4.86. The second-order valence-corrected chi connectivity index (χ2v) is 8.95. The second kappa shape index (κ2) is 13.5. The molecule has 2 aromatic rings. The zero-order valence-corrected chi connectivity index (χ0v) is 21.4. The van der Waals surface area contributed by atoms with Crippen LogP contribution in [0, 0.1) is 0 Å². The number of carbonyl (C=O) groups is 3. The molecule has 6 nitrogen and oxygen atoms in total. The standard InChI is InChI=1S/C30H33F2N3O3/c1-3-11-21(12-4-2)28(37)34-20-27(36)33-18-10-9-17-30(29(38)35-19-26(31)32)24-15-7-5-13-22(24)23-14-6-8-16-25(23)30/h3-8,11-16,26H,1,9-10,17-20H2,2H3,(H,33,36)(H,34,37)(H,35,38)/b12-4-,21-11+. The van der Waals surface area contributed by atoms with Crippen LogP contribution >= 0.6 is 0 Å². The molecule has 3 amide bonds. The molecule has 3 N–H and O–H groups in total. The first-order valence-corrected chi connectivity index (χ1v) is 12.6. The van der Waals surface area contributed by atoms with Gasteiger partial charge in [-0.15, -0.1) is 0 Å². The Morgan fingerprint density at radius 1 is 0.947 bits per heavy atom. The number of allylic oxidation sites excluding steroid dienone is 3. The summed E-state index contributed by atoms with van der Waals surface area (Å²) < 4.78 is 25.9. The van der Waals surface area contributed by atoms with E-state index < -0.39 is 24.3 Å². The number of benzene rings is 2. The summed E-state index contributed by atoms with van der Waals surface area (Å²) in [6, 6.07) is 15.1. The number of hydrogen-bond acceptors (Lipinski definition) is 3. The molecule has 0 heterocycles. The maximum atomic E-state index is 13.5. The van der Waals surface area contributed by atoms with E-state index in [4.69, 9.17) is 0 Å². The minimum absolute atomic E-state index is 0.175. The highest BCUT2D eigenvalue weighted by molar-refractivity contribution is 6.00. The summed E-state index contributed by atoms with van der Waals surface area (Å²) in [5.74, 6) is -1.17. The molecule has 0 saturated carbocycles. The Morgan fingerprint density at radius 2 is 1.58 bits per heavy atom. The first-order chi connectivity index (χ1) is 18.3. The third-order valence-corrected chi connectivity index (χ3v) is 6.48. The molecule has 8 heteroatoms. The highest BCUT2D eigenvalue weighted by atomic mass is 19.3. The maximum absolute atomic E-state index is 13.5. The van der Waals surface area contributed by atoms with Gasteiger partial charge in [-0.25, -0.2) is 8.78 Å². The molecule has 0 aliphatic heterocycles. The lowest BCUT2D eigenvalue weighted by Gasteiger charge is -2.31. The van der Waals surface area contributed by atoms with Gasteiger partial charge in [0.25, 0.3) is 12.3 Å². The van der Waals surface area contributed by atoms with Crippen LogP contribution in [0.5, 0.6) is 0 Å². The van der Waals surface area contributed by atoms with Crippen molar-refractivity contribution in [2.24, 2.45) is 0 Å². The average Bonchev–Trinajstić information content (AvgIpc) is 3.21. The van der Waals surface area contributed by atoms with E-state index in [1.54, 1.807) is 25.2 Å². The molecule has 0 aromatic heterocycles. The molecule has 0 bridgehead atoms. The lowest BCUT2D eigenvalue weighted by molar-refractivity contribution is -0.126. The van der Waals surface area contributed by atoms with Gasteiger partial charge in [-0.05, 0) is 48.4 Å². The van der Waals surface area contributed by atoms with E-state index in [-0.39, 0.29) is 18.4 Å². The maximum Gasteiger partial charge on any atom is 0.255 e. The molecule has 1 aliphatic rings. The minimum atomic E-state index is -2.65. The van der Waals surface area contributed by atoms with Crippen molar-refractivity contribution in [2.75, 3.05) is 19.6 Å². The van der Waals surface area contributed by atoms with E-state index >= 15 is 0 Å². The highest BCUT2D eigenvalue weighted by Gasteiger charge is 2.48. The van der Waals surface area contributed by atoms with E-state index in [0.29, 0.717) is 31.4 Å². The van der Waals surface area contributed by atoms with Crippen molar-refractivity contribution in [3.8, 4) is 11.1 Å². The van der Waals surface area contributed by atoms with Gasteiger partial charge in [0.1, 0.15) is 5.41 Å². The average molecular weight is 522 g/mol. The summed E-state index contributed by atoms with van der Waals surface area (Å²) in [5.41, 5.74) is 2.72. The summed E-state index contributed by atoms with van der Waals surface area (Å²) in [7, 11) is 0. The summed E-state index contributed by atoms with van der Waals surface area (Å²) >= 11 is 0. The normalized spacial score (nSPS) is 13.6. The summed E-state index contributed by atoms with van der Waals surface area (Å²) in [6.45, 7) is 4.81. The first-order valence-electron chi connectivity index (χ1n) is 12.6. The van der Waals surface area contributed by atoms with Crippen LogP contribution in [-0.4, -0.2) is 43.8 Å². The largest absolute Gasteiger partial charge is 0.355 e. The number of fused-ring (bicyclic) bond motifs is 3. The van der Waals surface area contributed by atoms with Gasteiger partial charge < -0.3 is 16.0 Å². The fraction of sp³-hybridized carbons (Fsp3) is 0.300. The van der Waals surface area contributed by atoms with Crippen molar-refractivity contribution < 1.29 is 23.2 Å². The molecule has 0 spiro atoms. The molecule has 1 aliphatic carbocycles. The van der Waals surface area contributed by atoms with Gasteiger partial charge in [0.2, 0.25) is 11.8 Å². The van der Waals surface area contributed by atoms with Crippen LogP contribution in [0.2, 0.25) is 0 Å². The van der Waals surface area contributed by atoms with E-state index in [9.17, 15) is 23.2 Å². The molecule has 0 radical (unpaired) electrons. The van der Waals surface area contributed by atoms with Crippen LogP contribution in [0.1, 0.15) is 37.3 Å². The van der Waals surface area contributed by atoms with Gasteiger partial charge >= 0.3 is 0 Å². The summed E-state index contributed by atoms with van der Waals surface area (Å²) in [5, 5.41) is 7.79. The van der Waals surface area contributed by atoms with Crippen LogP contribution in [0.4, 0.5) is 8.78 Å². The molecule has 0 saturated heterocycles. The second-order valence-electron chi connectivity index (χ2n) is 8.95.